The van der Waals surface area contributed by atoms with Gasteiger partial charge in [0, 0.05) is 17.1 Å². The molecule has 1 amide bonds. The van der Waals surface area contributed by atoms with Gasteiger partial charge in [0.1, 0.15) is 0 Å². The van der Waals surface area contributed by atoms with Crippen molar-refractivity contribution in [1.82, 2.24) is 5.32 Å². The van der Waals surface area contributed by atoms with Gasteiger partial charge in [-0.1, -0.05) is 62.7 Å². The van der Waals surface area contributed by atoms with E-state index in [0.717, 1.165) is 11.4 Å². The van der Waals surface area contributed by atoms with Gasteiger partial charge in [-0.25, -0.2) is 0 Å². The molecule has 3 atom stereocenters. The van der Waals surface area contributed by atoms with Crippen LogP contribution in [0.4, 0.5) is 0 Å². The Morgan fingerprint density at radius 2 is 1.91 bits per heavy atom. The Hall–Kier alpha value is -1.54. The summed E-state index contributed by atoms with van der Waals surface area (Å²) in [7, 11) is 0. The van der Waals surface area contributed by atoms with E-state index in [4.69, 9.17) is 11.6 Å². The maximum atomic E-state index is 11.8. The van der Waals surface area contributed by atoms with E-state index < -0.39 is 0 Å². The summed E-state index contributed by atoms with van der Waals surface area (Å²) in [4.78, 5) is 11.8. The number of halogens is 1. The van der Waals surface area contributed by atoms with Crippen molar-refractivity contribution in [3.63, 3.8) is 0 Å². The van der Waals surface area contributed by atoms with Crippen molar-refractivity contribution in [1.29, 1.82) is 0 Å². The highest BCUT2D eigenvalue weighted by molar-refractivity contribution is 6.30. The lowest BCUT2D eigenvalue weighted by Gasteiger charge is -2.15. The molecule has 2 rings (SSSR count). The fourth-order valence-corrected chi connectivity index (χ4v) is 2.74. The van der Waals surface area contributed by atoms with Crippen LogP contribution in [-0.2, 0) is 4.79 Å². The van der Waals surface area contributed by atoms with Gasteiger partial charge in [-0.3, -0.25) is 4.79 Å². The fourth-order valence-electron chi connectivity index (χ4n) is 2.62. The molecule has 0 spiro atoms. The van der Waals surface area contributed by atoms with E-state index in [2.05, 4.69) is 44.3 Å². The highest BCUT2D eigenvalue weighted by atomic mass is 35.5. The lowest BCUT2D eigenvalue weighted by molar-refractivity contribution is -0.117. The average molecular weight is 332 g/mol. The lowest BCUT2D eigenvalue weighted by atomic mass is 10.0. The SMILES string of the molecule is CC(C)C(C)NC(=O)C=CC=CC1(C)CC1c1ccc(Cl)cc1. The number of carbonyl (C=O) groups is 1. The summed E-state index contributed by atoms with van der Waals surface area (Å²) in [6.07, 6.45) is 8.73. The van der Waals surface area contributed by atoms with Crippen molar-refractivity contribution >= 4 is 17.5 Å². The van der Waals surface area contributed by atoms with E-state index in [1.165, 1.54) is 5.56 Å². The van der Waals surface area contributed by atoms with Gasteiger partial charge in [0.15, 0.2) is 0 Å². The van der Waals surface area contributed by atoms with Crippen LogP contribution in [-0.4, -0.2) is 11.9 Å². The molecule has 0 aromatic heterocycles. The second-order valence-electron chi connectivity index (χ2n) is 7.07. The Morgan fingerprint density at radius 1 is 1.26 bits per heavy atom. The predicted molar refractivity (Wildman–Crippen MR) is 97.6 cm³/mol. The number of nitrogens with one attached hydrogen (secondary N) is 1. The van der Waals surface area contributed by atoms with Gasteiger partial charge in [0.2, 0.25) is 5.91 Å². The maximum absolute atomic E-state index is 11.8. The summed E-state index contributed by atoms with van der Waals surface area (Å²) in [5, 5.41) is 3.73. The van der Waals surface area contributed by atoms with Crippen LogP contribution >= 0.6 is 11.6 Å². The molecule has 23 heavy (non-hydrogen) atoms. The van der Waals surface area contributed by atoms with E-state index in [0.29, 0.717) is 11.8 Å². The van der Waals surface area contributed by atoms with Crippen molar-refractivity contribution in [2.75, 3.05) is 0 Å². The van der Waals surface area contributed by atoms with Crippen molar-refractivity contribution in [2.45, 2.75) is 46.1 Å². The first-order valence-electron chi connectivity index (χ1n) is 8.24. The van der Waals surface area contributed by atoms with Crippen molar-refractivity contribution in [3.05, 3.63) is 59.2 Å². The van der Waals surface area contributed by atoms with E-state index in [1.54, 1.807) is 6.08 Å². The zero-order valence-corrected chi connectivity index (χ0v) is 15.1. The summed E-state index contributed by atoms with van der Waals surface area (Å²) >= 11 is 5.93. The maximum Gasteiger partial charge on any atom is 0.244 e. The van der Waals surface area contributed by atoms with Crippen LogP contribution < -0.4 is 5.32 Å². The van der Waals surface area contributed by atoms with Crippen molar-refractivity contribution in [3.8, 4) is 0 Å². The first-order valence-corrected chi connectivity index (χ1v) is 8.61. The largest absolute Gasteiger partial charge is 0.350 e. The highest BCUT2D eigenvalue weighted by Gasteiger charge is 2.48. The molecule has 3 heteroatoms. The van der Waals surface area contributed by atoms with E-state index in [1.807, 2.05) is 31.2 Å². The van der Waals surface area contributed by atoms with Crippen LogP contribution in [0.25, 0.3) is 0 Å². The second-order valence-corrected chi connectivity index (χ2v) is 7.51. The fraction of sp³-hybridized carbons (Fsp3) is 0.450. The standard InChI is InChI=1S/C20H26ClNO/c1-14(2)15(3)22-19(23)7-5-6-12-20(4)13-18(20)16-8-10-17(21)11-9-16/h5-12,14-15,18H,13H2,1-4H3,(H,22,23). The highest BCUT2D eigenvalue weighted by Crippen LogP contribution is 2.60. The summed E-state index contributed by atoms with van der Waals surface area (Å²) < 4.78 is 0. The minimum atomic E-state index is -0.0361. The molecule has 0 bridgehead atoms. The molecule has 0 heterocycles. The van der Waals surface area contributed by atoms with E-state index >= 15 is 0 Å². The molecule has 124 valence electrons. The van der Waals surface area contributed by atoms with Crippen molar-refractivity contribution < 1.29 is 4.79 Å². The molecule has 1 aliphatic rings. The zero-order chi connectivity index (χ0) is 17.0. The van der Waals surface area contributed by atoms with Crippen molar-refractivity contribution in [2.24, 2.45) is 11.3 Å². The van der Waals surface area contributed by atoms with Gasteiger partial charge in [-0.2, -0.15) is 0 Å². The normalized spacial score (nSPS) is 25.2. The third-order valence-corrected chi connectivity index (χ3v) is 5.01. The van der Waals surface area contributed by atoms with Crippen LogP contribution in [0.1, 0.15) is 45.6 Å². The van der Waals surface area contributed by atoms with Crippen LogP contribution in [0.3, 0.4) is 0 Å². The number of amides is 1. The Kier molecular flexibility index (Phi) is 5.69. The van der Waals surface area contributed by atoms with Crippen LogP contribution in [0, 0.1) is 11.3 Å². The summed E-state index contributed by atoms with van der Waals surface area (Å²) in [6.45, 7) is 8.46. The number of hydrogen-bond donors (Lipinski definition) is 1. The molecule has 3 unspecified atom stereocenters. The predicted octanol–water partition coefficient (Wildman–Crippen LogP) is 5.11. The minimum absolute atomic E-state index is 0.0361. The van der Waals surface area contributed by atoms with Gasteiger partial charge in [-0.05, 0) is 48.3 Å². The van der Waals surface area contributed by atoms with E-state index in [9.17, 15) is 4.79 Å². The smallest absolute Gasteiger partial charge is 0.244 e. The number of benzene rings is 1. The molecule has 1 aliphatic carbocycles. The minimum Gasteiger partial charge on any atom is -0.350 e. The van der Waals surface area contributed by atoms with Gasteiger partial charge in [0.05, 0.1) is 0 Å². The first-order chi connectivity index (χ1) is 10.8. The molecule has 0 saturated heterocycles. The van der Waals surface area contributed by atoms with Crippen LogP contribution in [0.2, 0.25) is 5.02 Å². The third kappa shape index (κ3) is 4.97. The Morgan fingerprint density at radius 3 is 2.52 bits per heavy atom. The average Bonchev–Trinajstić information content (AvgIpc) is 3.16. The third-order valence-electron chi connectivity index (χ3n) is 4.76. The molecule has 1 N–H and O–H groups in total. The molecule has 0 radical (unpaired) electrons. The molecule has 2 nitrogen and oxygen atoms in total. The molecular weight excluding hydrogens is 306 g/mol. The van der Waals surface area contributed by atoms with Gasteiger partial charge in [-0.15, -0.1) is 0 Å². The molecule has 1 aromatic carbocycles. The molecule has 0 aliphatic heterocycles. The molecule has 1 fully saturated rings. The van der Waals surface area contributed by atoms with Gasteiger partial charge >= 0.3 is 0 Å². The summed E-state index contributed by atoms with van der Waals surface area (Å²) in [5.74, 6) is 0.943. The second kappa shape index (κ2) is 7.35. The Balaban J connectivity index is 1.85. The number of allylic oxidation sites excluding steroid dienone is 3. The quantitative estimate of drug-likeness (QED) is 0.569. The summed E-state index contributed by atoms with van der Waals surface area (Å²) in [6, 6.07) is 8.27. The van der Waals surface area contributed by atoms with Gasteiger partial charge in [0.25, 0.3) is 0 Å². The Labute approximate surface area is 144 Å². The Bertz CT molecular complexity index is 603. The topological polar surface area (TPSA) is 29.1 Å². The monoisotopic (exact) mass is 331 g/mol. The van der Waals surface area contributed by atoms with Crippen LogP contribution in [0.15, 0.2) is 48.6 Å². The lowest BCUT2D eigenvalue weighted by Crippen LogP contribution is -2.34. The molecular formula is C20H26ClNO. The number of carbonyl (C=O) groups excluding carboxylic acids is 1. The molecule has 1 aromatic rings. The summed E-state index contributed by atoms with van der Waals surface area (Å²) in [5.41, 5.74) is 1.51. The van der Waals surface area contributed by atoms with Crippen LogP contribution in [0.5, 0.6) is 0 Å². The number of rotatable bonds is 6. The van der Waals surface area contributed by atoms with E-state index in [-0.39, 0.29) is 17.4 Å². The van der Waals surface area contributed by atoms with Gasteiger partial charge < -0.3 is 5.32 Å². The zero-order valence-electron chi connectivity index (χ0n) is 14.3. The molecule has 1 saturated carbocycles. The number of hydrogen-bond acceptors (Lipinski definition) is 1. The first kappa shape index (κ1) is 17.8.